The molecular formula is C23H29N3O5S2. The van der Waals surface area contributed by atoms with Crippen LogP contribution in [0, 0.1) is 11.8 Å². The average Bonchev–Trinajstić information content (AvgIpc) is 3.24. The summed E-state index contributed by atoms with van der Waals surface area (Å²) in [6.45, 7) is 3.84. The molecule has 0 fully saturated rings. The van der Waals surface area contributed by atoms with E-state index in [9.17, 15) is 22.8 Å². The molecule has 1 aliphatic heterocycles. The Morgan fingerprint density at radius 3 is 2.64 bits per heavy atom. The number of nitrogens with zero attached hydrogens (tertiary/aromatic N) is 1. The van der Waals surface area contributed by atoms with Crippen molar-refractivity contribution < 1.29 is 22.8 Å². The summed E-state index contributed by atoms with van der Waals surface area (Å²) in [4.78, 5) is 39.6. The summed E-state index contributed by atoms with van der Waals surface area (Å²) in [5.41, 5.74) is 0.839. The first kappa shape index (κ1) is 25.2. The van der Waals surface area contributed by atoms with E-state index in [0.717, 1.165) is 17.0 Å². The van der Waals surface area contributed by atoms with Crippen molar-refractivity contribution >= 4 is 39.0 Å². The molecule has 2 heterocycles. The number of hydrogen-bond donors (Lipinski definition) is 2. The van der Waals surface area contributed by atoms with Gasteiger partial charge in [-0.3, -0.25) is 14.4 Å². The summed E-state index contributed by atoms with van der Waals surface area (Å²) < 4.78 is 32.5. The maximum atomic E-state index is 13.2. The standard InChI is InChI=1S/C23H29N3O5S2/c1-15(2)21(26-33(30,31)19-8-4-3-5-9-19)20(27)13-16-10-11-17-14-18(32-25-17)7-6-12-24-23(29)22(16)28/h3-5,8-9,14-16,21,26H,6-7,10-13H2,1-2H3,(H,24,29). The molecule has 0 saturated carbocycles. The number of carbonyl (C=O) groups excluding carboxylic acids is 3. The Labute approximate surface area is 198 Å². The molecule has 1 aromatic heterocycles. The van der Waals surface area contributed by atoms with Gasteiger partial charge in [0.2, 0.25) is 15.8 Å². The third-order valence-corrected chi connectivity index (χ3v) is 7.97. The highest BCUT2D eigenvalue weighted by Gasteiger charge is 2.33. The molecule has 0 aliphatic carbocycles. The molecule has 8 nitrogen and oxygen atoms in total. The van der Waals surface area contributed by atoms with Crippen LogP contribution < -0.4 is 10.0 Å². The van der Waals surface area contributed by atoms with Crippen LogP contribution in [0.25, 0.3) is 0 Å². The number of rotatable bonds is 7. The normalized spacial score (nSPS) is 18.8. The predicted molar refractivity (Wildman–Crippen MR) is 125 cm³/mol. The van der Waals surface area contributed by atoms with Gasteiger partial charge < -0.3 is 5.32 Å². The first-order valence-electron chi connectivity index (χ1n) is 11.0. The van der Waals surface area contributed by atoms with Crippen molar-refractivity contribution in [1.29, 1.82) is 0 Å². The van der Waals surface area contributed by atoms with Crippen LogP contribution in [0.3, 0.4) is 0 Å². The van der Waals surface area contributed by atoms with Crippen molar-refractivity contribution in [2.24, 2.45) is 11.8 Å². The van der Waals surface area contributed by atoms with Gasteiger partial charge in [0.15, 0.2) is 5.78 Å². The van der Waals surface area contributed by atoms with Crippen LogP contribution in [-0.2, 0) is 37.2 Å². The van der Waals surface area contributed by atoms with E-state index in [-0.39, 0.29) is 23.7 Å². The van der Waals surface area contributed by atoms with Gasteiger partial charge in [-0.15, -0.1) is 0 Å². The highest BCUT2D eigenvalue weighted by Crippen LogP contribution is 2.21. The number of sulfonamides is 1. The second-order valence-electron chi connectivity index (χ2n) is 8.57. The number of carbonyl (C=O) groups is 3. The number of Topliss-reactive ketones (excluding diaryl/α,β-unsaturated/α-hetero) is 2. The minimum Gasteiger partial charge on any atom is -0.349 e. The number of benzene rings is 1. The van der Waals surface area contributed by atoms with E-state index in [1.807, 2.05) is 6.07 Å². The van der Waals surface area contributed by atoms with Crippen molar-refractivity contribution in [1.82, 2.24) is 14.4 Å². The Bertz CT molecular complexity index is 1100. The van der Waals surface area contributed by atoms with Gasteiger partial charge in [-0.25, -0.2) is 13.1 Å². The van der Waals surface area contributed by atoms with Gasteiger partial charge in [0, 0.05) is 23.8 Å². The number of aromatic nitrogens is 1. The molecule has 0 radical (unpaired) electrons. The van der Waals surface area contributed by atoms with Gasteiger partial charge in [-0.05, 0) is 61.3 Å². The van der Waals surface area contributed by atoms with Crippen LogP contribution in [0.2, 0.25) is 0 Å². The lowest BCUT2D eigenvalue weighted by atomic mass is 9.87. The number of fused-ring (bicyclic) bond motifs is 2. The van der Waals surface area contributed by atoms with E-state index in [0.29, 0.717) is 19.4 Å². The molecular weight excluding hydrogens is 462 g/mol. The Hall–Kier alpha value is -2.43. The van der Waals surface area contributed by atoms with E-state index in [1.165, 1.54) is 23.7 Å². The maximum absolute atomic E-state index is 13.2. The Balaban J connectivity index is 1.78. The molecule has 1 aliphatic rings. The number of hydrogen-bond acceptors (Lipinski definition) is 7. The van der Waals surface area contributed by atoms with Gasteiger partial charge in [-0.2, -0.15) is 4.37 Å². The zero-order valence-corrected chi connectivity index (χ0v) is 20.4. The second-order valence-corrected chi connectivity index (χ2v) is 11.2. The lowest BCUT2D eigenvalue weighted by Crippen LogP contribution is -2.46. The van der Waals surface area contributed by atoms with Crippen LogP contribution in [0.5, 0.6) is 0 Å². The van der Waals surface area contributed by atoms with E-state index < -0.39 is 39.5 Å². The number of ketones is 2. The highest BCUT2D eigenvalue weighted by molar-refractivity contribution is 7.89. The summed E-state index contributed by atoms with van der Waals surface area (Å²) >= 11 is 1.41. The molecule has 2 unspecified atom stereocenters. The lowest BCUT2D eigenvalue weighted by molar-refractivity contribution is -0.141. The fourth-order valence-corrected chi connectivity index (χ4v) is 5.95. The van der Waals surface area contributed by atoms with Crippen molar-refractivity contribution in [2.45, 2.75) is 56.9 Å². The topological polar surface area (TPSA) is 122 Å². The van der Waals surface area contributed by atoms with E-state index in [2.05, 4.69) is 14.4 Å². The van der Waals surface area contributed by atoms with Crippen LogP contribution in [0.15, 0.2) is 41.3 Å². The highest BCUT2D eigenvalue weighted by atomic mass is 32.2. The molecule has 1 aromatic carbocycles. The molecule has 0 spiro atoms. The number of amides is 1. The summed E-state index contributed by atoms with van der Waals surface area (Å²) in [7, 11) is -3.92. The summed E-state index contributed by atoms with van der Waals surface area (Å²) in [6, 6.07) is 8.80. The molecule has 10 heteroatoms. The zero-order chi connectivity index (χ0) is 24.0. The number of aryl methyl sites for hydroxylation is 2. The van der Waals surface area contributed by atoms with Gasteiger partial charge >= 0.3 is 0 Å². The monoisotopic (exact) mass is 491 g/mol. The fraction of sp³-hybridized carbons (Fsp3) is 0.478. The van der Waals surface area contributed by atoms with Crippen molar-refractivity contribution in [3.63, 3.8) is 0 Å². The fourth-order valence-electron chi connectivity index (χ4n) is 3.75. The molecule has 0 saturated heterocycles. The molecule has 33 heavy (non-hydrogen) atoms. The second kappa shape index (κ2) is 11.1. The Morgan fingerprint density at radius 2 is 1.94 bits per heavy atom. The molecule has 1 amide bonds. The van der Waals surface area contributed by atoms with Gasteiger partial charge in [-0.1, -0.05) is 32.0 Å². The lowest BCUT2D eigenvalue weighted by Gasteiger charge is -2.23. The third kappa shape index (κ3) is 6.78. The van der Waals surface area contributed by atoms with Crippen LogP contribution in [0.4, 0.5) is 0 Å². The first-order valence-corrected chi connectivity index (χ1v) is 13.3. The molecule has 2 aromatic rings. The quantitative estimate of drug-likeness (QED) is 0.573. The van der Waals surface area contributed by atoms with Gasteiger partial charge in [0.25, 0.3) is 5.91 Å². The number of nitrogens with one attached hydrogen (secondary N) is 2. The van der Waals surface area contributed by atoms with Crippen LogP contribution >= 0.6 is 11.5 Å². The Morgan fingerprint density at radius 1 is 1.21 bits per heavy atom. The van der Waals surface area contributed by atoms with Crippen molar-refractivity contribution in [3.05, 3.63) is 47.0 Å². The average molecular weight is 492 g/mol. The Kier molecular flexibility index (Phi) is 8.50. The third-order valence-electron chi connectivity index (χ3n) is 5.63. The van der Waals surface area contributed by atoms with Gasteiger partial charge in [0.1, 0.15) is 0 Å². The zero-order valence-electron chi connectivity index (χ0n) is 18.7. The van der Waals surface area contributed by atoms with Gasteiger partial charge in [0.05, 0.1) is 16.6 Å². The molecule has 2 bridgehead atoms. The summed E-state index contributed by atoms with van der Waals surface area (Å²) in [5.74, 6) is -2.94. The van der Waals surface area contributed by atoms with Crippen molar-refractivity contribution in [2.75, 3.05) is 6.54 Å². The molecule has 178 valence electrons. The largest absolute Gasteiger partial charge is 0.349 e. The SMILES string of the molecule is CC(C)C(NS(=O)(=O)c1ccccc1)C(=O)CC1CCc2cc(sn2)CCCNC(=O)C1=O. The molecule has 2 atom stereocenters. The van der Waals surface area contributed by atoms with E-state index in [1.54, 1.807) is 32.0 Å². The first-order chi connectivity index (χ1) is 15.7. The van der Waals surface area contributed by atoms with Crippen molar-refractivity contribution in [3.8, 4) is 0 Å². The predicted octanol–water partition coefficient (Wildman–Crippen LogP) is 2.29. The molecule has 2 N–H and O–H groups in total. The van der Waals surface area contributed by atoms with Crippen LogP contribution in [0.1, 0.15) is 43.7 Å². The summed E-state index contributed by atoms with van der Waals surface area (Å²) in [5, 5.41) is 2.64. The van der Waals surface area contributed by atoms with Crippen LogP contribution in [-0.4, -0.2) is 42.9 Å². The maximum Gasteiger partial charge on any atom is 0.287 e. The smallest absolute Gasteiger partial charge is 0.287 e. The minimum atomic E-state index is -3.92. The van der Waals surface area contributed by atoms with E-state index in [4.69, 9.17) is 0 Å². The minimum absolute atomic E-state index is 0.0595. The van der Waals surface area contributed by atoms with E-state index >= 15 is 0 Å². The summed E-state index contributed by atoms with van der Waals surface area (Å²) in [6.07, 6.45) is 2.02. The molecule has 3 rings (SSSR count).